The quantitative estimate of drug-likeness (QED) is 0.786. The molecule has 0 unspecified atom stereocenters. The summed E-state index contributed by atoms with van der Waals surface area (Å²) in [7, 11) is 3.93. The first-order valence-electron chi connectivity index (χ1n) is 9.51. The van der Waals surface area contributed by atoms with Crippen LogP contribution in [0.4, 0.5) is 10.5 Å². The molecule has 0 saturated heterocycles. The molecule has 1 aromatic carbocycles. The van der Waals surface area contributed by atoms with Crippen molar-refractivity contribution >= 4 is 17.6 Å². The van der Waals surface area contributed by atoms with Crippen molar-refractivity contribution < 1.29 is 9.59 Å². The maximum atomic E-state index is 12.2. The molecule has 3 amide bonds. The highest BCUT2D eigenvalue weighted by atomic mass is 16.2. The van der Waals surface area contributed by atoms with E-state index < -0.39 is 0 Å². The van der Waals surface area contributed by atoms with Gasteiger partial charge in [0.2, 0.25) is 5.91 Å². The maximum absolute atomic E-state index is 12.2. The molecule has 1 aliphatic rings. The number of benzene rings is 1. The lowest BCUT2D eigenvalue weighted by Crippen LogP contribution is -2.44. The number of likely N-dealkylation sites (N-methyl/N-ethyl adjacent to an activating group) is 2. The minimum Gasteiger partial charge on any atom is -0.343 e. The second kappa shape index (κ2) is 10.2. The topological polar surface area (TPSA) is 64.7 Å². The van der Waals surface area contributed by atoms with Gasteiger partial charge in [0.15, 0.2) is 0 Å². The molecule has 144 valence electrons. The van der Waals surface area contributed by atoms with Crippen LogP contribution in [0.1, 0.15) is 37.7 Å². The molecule has 2 rings (SSSR count). The number of nitrogens with zero attached hydrogens (tertiary/aromatic N) is 2. The van der Waals surface area contributed by atoms with Crippen LogP contribution < -0.4 is 10.6 Å². The van der Waals surface area contributed by atoms with Crippen molar-refractivity contribution in [2.45, 2.75) is 45.1 Å². The van der Waals surface area contributed by atoms with Gasteiger partial charge in [-0.05, 0) is 44.5 Å². The number of carbonyl (C=O) groups is 2. The molecule has 0 radical (unpaired) electrons. The molecule has 0 aliphatic heterocycles. The highest BCUT2D eigenvalue weighted by Crippen LogP contribution is 2.21. The average molecular weight is 361 g/mol. The number of nitrogens with one attached hydrogen (secondary N) is 2. The number of rotatable bonds is 7. The Labute approximate surface area is 156 Å². The normalized spacial score (nSPS) is 14.9. The van der Waals surface area contributed by atoms with E-state index in [1.165, 1.54) is 32.1 Å². The second-order valence-corrected chi connectivity index (χ2v) is 7.26. The average Bonchev–Trinajstić information content (AvgIpc) is 2.64. The minimum absolute atomic E-state index is 0.00128. The molecule has 1 aromatic rings. The molecular weight excluding hydrogens is 328 g/mol. The molecule has 1 fully saturated rings. The highest BCUT2D eigenvalue weighted by molar-refractivity contribution is 5.92. The summed E-state index contributed by atoms with van der Waals surface area (Å²) in [4.78, 5) is 28.2. The van der Waals surface area contributed by atoms with E-state index in [2.05, 4.69) is 22.6 Å². The summed E-state index contributed by atoms with van der Waals surface area (Å²) in [5.74, 6) is -0.0820. The predicted molar refractivity (Wildman–Crippen MR) is 105 cm³/mol. The molecule has 26 heavy (non-hydrogen) atoms. The molecule has 6 nitrogen and oxygen atoms in total. The molecule has 0 atom stereocenters. The standard InChI is InChI=1S/C20H32N4O2/c1-16-8-7-9-17(14-16)22-20(26)21-15-19(25)24(3)13-12-23(2)18-10-5-4-6-11-18/h7-9,14,18H,4-6,10-13,15H2,1-3H3,(H2,21,22,26). The Balaban J connectivity index is 1.67. The van der Waals surface area contributed by atoms with E-state index in [4.69, 9.17) is 0 Å². The third-order valence-corrected chi connectivity index (χ3v) is 5.09. The largest absolute Gasteiger partial charge is 0.343 e. The first-order chi connectivity index (χ1) is 12.5. The van der Waals surface area contributed by atoms with Crippen molar-refractivity contribution in [2.75, 3.05) is 39.0 Å². The Hall–Kier alpha value is -2.08. The van der Waals surface area contributed by atoms with Crippen molar-refractivity contribution in [2.24, 2.45) is 0 Å². The van der Waals surface area contributed by atoms with E-state index in [-0.39, 0.29) is 18.5 Å². The van der Waals surface area contributed by atoms with E-state index in [9.17, 15) is 9.59 Å². The third-order valence-electron chi connectivity index (χ3n) is 5.09. The summed E-state index contributed by atoms with van der Waals surface area (Å²) in [5.41, 5.74) is 1.79. The van der Waals surface area contributed by atoms with Gasteiger partial charge < -0.3 is 20.4 Å². The zero-order valence-corrected chi connectivity index (χ0v) is 16.3. The lowest BCUT2D eigenvalue weighted by Gasteiger charge is -2.32. The molecular formula is C20H32N4O2. The molecule has 2 N–H and O–H groups in total. The molecule has 6 heteroatoms. The Bertz CT molecular complexity index is 599. The molecule has 0 aromatic heterocycles. The Morgan fingerprint density at radius 1 is 1.12 bits per heavy atom. The van der Waals surface area contributed by atoms with E-state index in [0.29, 0.717) is 12.6 Å². The van der Waals surface area contributed by atoms with Gasteiger partial charge in [0.1, 0.15) is 0 Å². The monoisotopic (exact) mass is 360 g/mol. The van der Waals surface area contributed by atoms with Gasteiger partial charge >= 0.3 is 6.03 Å². The van der Waals surface area contributed by atoms with Crippen LogP contribution in [0, 0.1) is 6.92 Å². The van der Waals surface area contributed by atoms with Crippen LogP contribution in [0.25, 0.3) is 0 Å². The first kappa shape index (κ1) is 20.2. The molecule has 0 spiro atoms. The van der Waals surface area contributed by atoms with E-state index in [1.54, 1.807) is 11.9 Å². The lowest BCUT2D eigenvalue weighted by atomic mass is 9.94. The zero-order valence-electron chi connectivity index (χ0n) is 16.3. The summed E-state index contributed by atoms with van der Waals surface area (Å²) in [6.45, 7) is 3.50. The van der Waals surface area contributed by atoms with Gasteiger partial charge in [-0.15, -0.1) is 0 Å². The smallest absolute Gasteiger partial charge is 0.319 e. The van der Waals surface area contributed by atoms with Crippen LogP contribution in [-0.4, -0.2) is 61.5 Å². The Morgan fingerprint density at radius 3 is 2.54 bits per heavy atom. The van der Waals surface area contributed by atoms with Gasteiger partial charge in [-0.3, -0.25) is 4.79 Å². The Morgan fingerprint density at radius 2 is 1.85 bits per heavy atom. The number of hydrogen-bond donors (Lipinski definition) is 2. The van der Waals surface area contributed by atoms with Gasteiger partial charge in [-0.1, -0.05) is 31.4 Å². The number of hydrogen-bond acceptors (Lipinski definition) is 3. The van der Waals surface area contributed by atoms with E-state index >= 15 is 0 Å². The Kier molecular flexibility index (Phi) is 7.91. The number of aryl methyl sites for hydroxylation is 1. The van der Waals surface area contributed by atoms with Crippen LogP contribution in [0.5, 0.6) is 0 Å². The van der Waals surface area contributed by atoms with Gasteiger partial charge in [0.25, 0.3) is 0 Å². The minimum atomic E-state index is -0.364. The molecule has 1 saturated carbocycles. The third kappa shape index (κ3) is 6.67. The summed E-state index contributed by atoms with van der Waals surface area (Å²) in [6, 6.07) is 7.83. The van der Waals surface area contributed by atoms with Crippen LogP contribution in [0.15, 0.2) is 24.3 Å². The number of amides is 3. The zero-order chi connectivity index (χ0) is 18.9. The summed E-state index contributed by atoms with van der Waals surface area (Å²) in [6.07, 6.45) is 6.48. The second-order valence-electron chi connectivity index (χ2n) is 7.26. The number of urea groups is 1. The molecule has 1 aliphatic carbocycles. The summed E-state index contributed by atoms with van der Waals surface area (Å²) < 4.78 is 0. The van der Waals surface area contributed by atoms with Crippen molar-refractivity contribution in [3.8, 4) is 0 Å². The van der Waals surface area contributed by atoms with E-state index in [1.807, 2.05) is 31.2 Å². The van der Waals surface area contributed by atoms with Gasteiger partial charge in [-0.25, -0.2) is 4.79 Å². The lowest BCUT2D eigenvalue weighted by molar-refractivity contribution is -0.129. The van der Waals surface area contributed by atoms with E-state index in [0.717, 1.165) is 17.8 Å². The predicted octanol–water partition coefficient (Wildman–Crippen LogP) is 2.84. The van der Waals surface area contributed by atoms with Gasteiger partial charge in [-0.2, -0.15) is 0 Å². The van der Waals surface area contributed by atoms with Crippen LogP contribution >= 0.6 is 0 Å². The van der Waals surface area contributed by atoms with Crippen molar-refractivity contribution in [1.29, 1.82) is 0 Å². The first-order valence-corrected chi connectivity index (χ1v) is 9.51. The van der Waals surface area contributed by atoms with Crippen molar-refractivity contribution in [1.82, 2.24) is 15.1 Å². The molecule has 0 heterocycles. The van der Waals surface area contributed by atoms with Gasteiger partial charge in [0, 0.05) is 31.9 Å². The SMILES string of the molecule is Cc1cccc(NC(=O)NCC(=O)N(C)CCN(C)C2CCCCC2)c1. The summed E-state index contributed by atoms with van der Waals surface area (Å²) >= 11 is 0. The maximum Gasteiger partial charge on any atom is 0.319 e. The fourth-order valence-corrected chi connectivity index (χ4v) is 3.33. The van der Waals surface area contributed by atoms with Crippen LogP contribution in [0.3, 0.4) is 0 Å². The van der Waals surface area contributed by atoms with Crippen LogP contribution in [-0.2, 0) is 4.79 Å². The van der Waals surface area contributed by atoms with Gasteiger partial charge in [0.05, 0.1) is 6.54 Å². The highest BCUT2D eigenvalue weighted by Gasteiger charge is 2.18. The number of carbonyl (C=O) groups excluding carboxylic acids is 2. The fraction of sp³-hybridized carbons (Fsp3) is 0.600. The van der Waals surface area contributed by atoms with Crippen molar-refractivity contribution in [3.63, 3.8) is 0 Å². The van der Waals surface area contributed by atoms with Crippen LogP contribution in [0.2, 0.25) is 0 Å². The van der Waals surface area contributed by atoms with Crippen molar-refractivity contribution in [3.05, 3.63) is 29.8 Å². The molecule has 0 bridgehead atoms. The fourth-order valence-electron chi connectivity index (χ4n) is 3.33. The number of anilines is 1. The summed E-state index contributed by atoms with van der Waals surface area (Å²) in [5, 5.41) is 5.37.